The van der Waals surface area contributed by atoms with Crippen LogP contribution in [-0.2, 0) is 19.0 Å². The number of primary amides is 1. The Bertz CT molecular complexity index is 1460. The second-order valence-corrected chi connectivity index (χ2v) is 10.9. The number of allylic oxidation sites excluding steroid dienone is 2. The summed E-state index contributed by atoms with van der Waals surface area (Å²) in [4.78, 5) is 24.9. The maximum atomic E-state index is 13.1. The van der Waals surface area contributed by atoms with Crippen LogP contribution < -0.4 is 11.1 Å². The zero-order chi connectivity index (χ0) is 32.6. The Balaban J connectivity index is 2.22. The van der Waals surface area contributed by atoms with E-state index >= 15 is 0 Å². The maximum absolute atomic E-state index is 13.1. The Morgan fingerprint density at radius 1 is 1.07 bits per heavy atom. The fraction of sp³-hybridized carbons (Fsp3) is 0.353. The molecule has 5 atom stereocenters. The second-order valence-electron chi connectivity index (χ2n) is 10.9. The van der Waals surface area contributed by atoms with Gasteiger partial charge in [-0.15, -0.1) is 0 Å². The van der Waals surface area contributed by atoms with E-state index in [-0.39, 0.29) is 29.2 Å². The number of phenols is 2. The zero-order valence-corrected chi connectivity index (χ0v) is 25.9. The molecule has 2 aromatic carbocycles. The van der Waals surface area contributed by atoms with Crippen molar-refractivity contribution in [1.82, 2.24) is 0 Å². The third kappa shape index (κ3) is 8.37. The Morgan fingerprint density at radius 3 is 2.36 bits per heavy atom. The molecule has 5 unspecified atom stereocenters. The smallest absolute Gasteiger partial charge is 0.405 e. The summed E-state index contributed by atoms with van der Waals surface area (Å²) in [6.07, 6.45) is 4.16. The topological polar surface area (TPSA) is 161 Å². The second kappa shape index (κ2) is 15.4. The quantitative estimate of drug-likeness (QED) is 0.174. The van der Waals surface area contributed by atoms with Crippen molar-refractivity contribution in [2.45, 2.75) is 58.5 Å². The summed E-state index contributed by atoms with van der Waals surface area (Å²) in [5.74, 6) is -1.34. The van der Waals surface area contributed by atoms with Crippen molar-refractivity contribution in [2.24, 2.45) is 11.7 Å². The van der Waals surface area contributed by atoms with E-state index < -0.39 is 42.3 Å². The van der Waals surface area contributed by atoms with Crippen LogP contribution in [-0.4, -0.2) is 66.0 Å². The molecule has 0 radical (unpaired) electrons. The van der Waals surface area contributed by atoms with Crippen molar-refractivity contribution < 1.29 is 39.1 Å². The molecule has 0 saturated carbocycles. The van der Waals surface area contributed by atoms with Crippen LogP contribution in [0, 0.1) is 5.92 Å². The van der Waals surface area contributed by atoms with Gasteiger partial charge in [-0.25, -0.2) is 4.79 Å². The molecule has 236 valence electrons. The third-order valence-electron chi connectivity index (χ3n) is 7.56. The number of benzene rings is 2. The average molecular weight is 607 g/mol. The lowest BCUT2D eigenvalue weighted by molar-refractivity contribution is -0.112. The Hall–Kier alpha value is -4.38. The van der Waals surface area contributed by atoms with Gasteiger partial charge in [0.25, 0.3) is 5.91 Å². The van der Waals surface area contributed by atoms with Crippen molar-refractivity contribution in [1.29, 1.82) is 0 Å². The van der Waals surface area contributed by atoms with E-state index in [0.29, 0.717) is 22.3 Å². The number of carbonyl (C=O) groups excluding carboxylic acids is 2. The number of amides is 2. The van der Waals surface area contributed by atoms with Gasteiger partial charge in [0.15, 0.2) is 6.10 Å². The molecule has 10 heteroatoms. The zero-order valence-electron chi connectivity index (χ0n) is 25.9. The number of hydrogen-bond acceptors (Lipinski definition) is 8. The number of hydrogen-bond donors (Lipinski definition) is 5. The number of aliphatic hydroxyl groups is 1. The van der Waals surface area contributed by atoms with Crippen LogP contribution in [0.5, 0.6) is 11.5 Å². The Labute approximate surface area is 258 Å². The number of nitrogens with two attached hydrogens (primary N) is 1. The summed E-state index contributed by atoms with van der Waals surface area (Å²) >= 11 is 0. The number of nitrogens with one attached hydrogen (secondary N) is 1. The fourth-order valence-electron chi connectivity index (χ4n) is 5.19. The molecule has 10 nitrogen and oxygen atoms in total. The summed E-state index contributed by atoms with van der Waals surface area (Å²) in [7, 11) is 2.94. The minimum atomic E-state index is -0.994. The van der Waals surface area contributed by atoms with Crippen LogP contribution in [0.25, 0.3) is 17.2 Å². The highest BCUT2D eigenvalue weighted by molar-refractivity contribution is 6.05. The summed E-state index contributed by atoms with van der Waals surface area (Å²) in [6.45, 7) is 6.96. The third-order valence-corrected chi connectivity index (χ3v) is 7.56. The number of rotatable bonds is 4. The minimum Gasteiger partial charge on any atom is -0.507 e. The summed E-state index contributed by atoms with van der Waals surface area (Å²) in [5.41, 5.74) is 8.32. The standard InChI is InChI=1S/C34H42N2O8/c1-19-15-24-29(23-12-8-7-9-13-23)26(37)18-25(31(24)39)36-33(40)20(2)11-10-14-27(42-5)32(44-34(35)41)22(4)17-21(3)30(38)28(16-19)43-6/h7-15,17-18,21,27-28,30,32,37-39H,16H2,1-6H3,(H2,35,41)(H,36,40). The molecule has 0 fully saturated rings. The molecule has 2 bridgehead atoms. The number of ether oxygens (including phenoxy) is 3. The van der Waals surface area contributed by atoms with Crippen molar-refractivity contribution in [3.63, 3.8) is 0 Å². The highest BCUT2D eigenvalue weighted by atomic mass is 16.6. The monoisotopic (exact) mass is 606 g/mol. The molecule has 0 aromatic heterocycles. The lowest BCUT2D eigenvalue weighted by Gasteiger charge is -2.28. The van der Waals surface area contributed by atoms with E-state index in [1.807, 2.05) is 32.0 Å². The molecule has 0 spiro atoms. The number of methoxy groups -OCH3 is 2. The van der Waals surface area contributed by atoms with Crippen molar-refractivity contribution in [3.8, 4) is 22.6 Å². The summed E-state index contributed by atoms with van der Waals surface area (Å²) in [5, 5.41) is 36.5. The first-order chi connectivity index (χ1) is 20.9. The van der Waals surface area contributed by atoms with Gasteiger partial charge in [-0.2, -0.15) is 0 Å². The molecule has 1 heterocycles. The van der Waals surface area contributed by atoms with Crippen molar-refractivity contribution in [3.05, 3.63) is 83.0 Å². The largest absolute Gasteiger partial charge is 0.507 e. The molecule has 2 amide bonds. The molecule has 44 heavy (non-hydrogen) atoms. The molecule has 0 aliphatic carbocycles. The van der Waals surface area contributed by atoms with Crippen LogP contribution in [0.4, 0.5) is 10.5 Å². The normalized spacial score (nSPS) is 23.7. The van der Waals surface area contributed by atoms with Gasteiger partial charge >= 0.3 is 6.09 Å². The van der Waals surface area contributed by atoms with E-state index in [4.69, 9.17) is 19.9 Å². The number of carbonyl (C=O) groups is 2. The van der Waals surface area contributed by atoms with E-state index in [2.05, 4.69) is 5.32 Å². The van der Waals surface area contributed by atoms with Crippen LogP contribution >= 0.6 is 0 Å². The highest BCUT2D eigenvalue weighted by Gasteiger charge is 2.29. The van der Waals surface area contributed by atoms with Gasteiger partial charge in [0, 0.05) is 42.9 Å². The van der Waals surface area contributed by atoms with Crippen LogP contribution in [0.15, 0.2) is 77.4 Å². The molecule has 2 aromatic rings. The number of aliphatic hydroxyl groups excluding tert-OH is 1. The molecular formula is C34H42N2O8. The first-order valence-electron chi connectivity index (χ1n) is 14.2. The van der Waals surface area contributed by atoms with Gasteiger partial charge in [0.05, 0.1) is 17.9 Å². The molecule has 1 aliphatic heterocycles. The predicted octanol–water partition coefficient (Wildman–Crippen LogP) is 5.45. The first kappa shape index (κ1) is 34.1. The Morgan fingerprint density at radius 2 is 1.75 bits per heavy atom. The lowest BCUT2D eigenvalue weighted by atomic mass is 9.90. The lowest BCUT2D eigenvalue weighted by Crippen LogP contribution is -2.36. The summed E-state index contributed by atoms with van der Waals surface area (Å²) in [6, 6.07) is 10.4. The van der Waals surface area contributed by atoms with E-state index in [0.717, 1.165) is 5.57 Å². The molecule has 3 rings (SSSR count). The van der Waals surface area contributed by atoms with Crippen LogP contribution in [0.2, 0.25) is 0 Å². The van der Waals surface area contributed by atoms with E-state index in [9.17, 15) is 24.9 Å². The summed E-state index contributed by atoms with van der Waals surface area (Å²) < 4.78 is 16.6. The molecule has 6 N–H and O–H groups in total. The fourth-order valence-corrected chi connectivity index (χ4v) is 5.19. The van der Waals surface area contributed by atoms with Gasteiger partial charge in [-0.3, -0.25) is 4.79 Å². The number of anilines is 1. The number of aromatic hydroxyl groups is 2. The van der Waals surface area contributed by atoms with Gasteiger partial charge in [0.2, 0.25) is 0 Å². The van der Waals surface area contributed by atoms with Gasteiger partial charge < -0.3 is 40.6 Å². The Kier molecular flexibility index (Phi) is 11.9. The van der Waals surface area contributed by atoms with Crippen LogP contribution in [0.3, 0.4) is 0 Å². The average Bonchev–Trinajstić information content (AvgIpc) is 2.98. The minimum absolute atomic E-state index is 0.0161. The number of fused-ring (bicyclic) bond motifs is 2. The maximum Gasteiger partial charge on any atom is 0.405 e. The number of phenolic OH excluding ortho intramolecular Hbond substituents is 2. The van der Waals surface area contributed by atoms with Crippen LogP contribution in [0.1, 0.15) is 39.7 Å². The van der Waals surface area contributed by atoms with Gasteiger partial charge in [0.1, 0.15) is 17.6 Å². The SMILES string of the molecule is COC1C=CC=C(C)C(=O)Nc2cc(O)c(-c3ccccc3)c(c2O)C=C(C)CC(OC)C(O)C(C)C=C(C)C1OC(N)=O. The molecule has 1 aliphatic rings. The van der Waals surface area contributed by atoms with E-state index in [1.54, 1.807) is 50.3 Å². The van der Waals surface area contributed by atoms with E-state index in [1.165, 1.54) is 26.4 Å². The highest BCUT2D eigenvalue weighted by Crippen LogP contribution is 2.44. The van der Waals surface area contributed by atoms with Crippen molar-refractivity contribution in [2.75, 3.05) is 19.5 Å². The predicted molar refractivity (Wildman–Crippen MR) is 170 cm³/mol. The molecular weight excluding hydrogens is 564 g/mol. The van der Waals surface area contributed by atoms with Gasteiger partial charge in [-0.1, -0.05) is 73.2 Å². The molecule has 0 saturated heterocycles. The van der Waals surface area contributed by atoms with Crippen molar-refractivity contribution >= 4 is 23.8 Å². The van der Waals surface area contributed by atoms with Gasteiger partial charge in [-0.05, 0) is 38.3 Å². The first-order valence-corrected chi connectivity index (χ1v) is 14.2.